The standard InChI is InChI=1S/C25H25FN6O/c1-16-12-20(26)13-19-9-11-28-24(23(16)19)32(21-4-3-10-27-14-21)25(33)18-7-5-17(6-8-18)22-15-31(2)30-29-22/h5-9,11-13,15,21,27H,3-4,10,14H2,1-2H3. The van der Waals surface area contributed by atoms with Crippen LogP contribution >= 0.6 is 0 Å². The largest absolute Gasteiger partial charge is 0.315 e. The van der Waals surface area contributed by atoms with Crippen LogP contribution in [-0.2, 0) is 7.05 Å². The minimum Gasteiger partial charge on any atom is -0.315 e. The predicted octanol–water partition coefficient (Wildman–Crippen LogP) is 3.88. The zero-order valence-electron chi connectivity index (χ0n) is 18.6. The summed E-state index contributed by atoms with van der Waals surface area (Å²) in [6, 6.07) is 12.1. The highest BCUT2D eigenvalue weighted by Crippen LogP contribution is 2.32. The van der Waals surface area contributed by atoms with E-state index in [0.29, 0.717) is 17.9 Å². The number of halogens is 1. The van der Waals surface area contributed by atoms with Crippen molar-refractivity contribution in [3.63, 3.8) is 0 Å². The molecular formula is C25H25FN6O. The van der Waals surface area contributed by atoms with E-state index in [0.717, 1.165) is 47.0 Å². The molecule has 0 aliphatic carbocycles. The molecule has 0 saturated carbocycles. The van der Waals surface area contributed by atoms with E-state index in [2.05, 4.69) is 20.6 Å². The lowest BCUT2D eigenvalue weighted by atomic mass is 10.0. The molecule has 1 aliphatic rings. The first kappa shape index (κ1) is 21.2. The highest BCUT2D eigenvalue weighted by atomic mass is 19.1. The fourth-order valence-electron chi connectivity index (χ4n) is 4.53. The molecule has 0 radical (unpaired) electrons. The lowest BCUT2D eigenvalue weighted by Gasteiger charge is -2.35. The molecule has 4 aromatic rings. The van der Waals surface area contributed by atoms with E-state index in [1.807, 2.05) is 44.4 Å². The summed E-state index contributed by atoms with van der Waals surface area (Å²) in [6.07, 6.45) is 5.32. The zero-order chi connectivity index (χ0) is 22.9. The highest BCUT2D eigenvalue weighted by molar-refractivity contribution is 6.11. The number of anilines is 1. The monoisotopic (exact) mass is 444 g/mol. The van der Waals surface area contributed by atoms with Gasteiger partial charge in [0.05, 0.1) is 12.2 Å². The number of hydrogen-bond donors (Lipinski definition) is 1. The molecule has 1 saturated heterocycles. The second-order valence-corrected chi connectivity index (χ2v) is 8.49. The average Bonchev–Trinajstić information content (AvgIpc) is 3.26. The lowest BCUT2D eigenvalue weighted by molar-refractivity contribution is 0.0972. The number of amides is 1. The maximum Gasteiger partial charge on any atom is 0.259 e. The maximum atomic E-state index is 14.1. The summed E-state index contributed by atoms with van der Waals surface area (Å²) in [5.41, 5.74) is 2.96. The normalized spacial score (nSPS) is 16.2. The number of carbonyl (C=O) groups excluding carboxylic acids is 1. The number of nitrogens with one attached hydrogen (secondary N) is 1. The molecular weight excluding hydrogens is 419 g/mol. The molecule has 1 fully saturated rings. The minimum absolute atomic E-state index is 0.0477. The van der Waals surface area contributed by atoms with Crippen molar-refractivity contribution in [3.8, 4) is 11.3 Å². The summed E-state index contributed by atoms with van der Waals surface area (Å²) < 4.78 is 15.7. The van der Waals surface area contributed by atoms with Crippen LogP contribution in [0.2, 0.25) is 0 Å². The maximum absolute atomic E-state index is 14.1. The quantitative estimate of drug-likeness (QED) is 0.517. The number of carbonyl (C=O) groups is 1. The lowest BCUT2D eigenvalue weighted by Crippen LogP contribution is -2.49. The number of rotatable bonds is 4. The third-order valence-corrected chi connectivity index (χ3v) is 6.12. The first-order valence-electron chi connectivity index (χ1n) is 11.1. The molecule has 0 bridgehead atoms. The van der Waals surface area contributed by atoms with Crippen molar-refractivity contribution in [1.29, 1.82) is 0 Å². The van der Waals surface area contributed by atoms with E-state index in [1.165, 1.54) is 12.1 Å². The number of pyridine rings is 1. The molecule has 168 valence electrons. The van der Waals surface area contributed by atoms with Crippen LogP contribution in [0.4, 0.5) is 10.2 Å². The number of piperidine rings is 1. The van der Waals surface area contributed by atoms with Crippen LogP contribution in [0.25, 0.3) is 22.0 Å². The minimum atomic E-state index is -0.297. The van der Waals surface area contributed by atoms with Crippen LogP contribution in [-0.4, -0.2) is 45.0 Å². The van der Waals surface area contributed by atoms with Crippen molar-refractivity contribution in [2.45, 2.75) is 25.8 Å². The van der Waals surface area contributed by atoms with E-state index in [1.54, 1.807) is 21.8 Å². The molecule has 1 atom stereocenters. The second kappa shape index (κ2) is 8.71. The first-order valence-corrected chi connectivity index (χ1v) is 11.1. The van der Waals surface area contributed by atoms with Gasteiger partial charge < -0.3 is 5.32 Å². The Morgan fingerprint density at radius 3 is 2.73 bits per heavy atom. The van der Waals surface area contributed by atoms with Gasteiger partial charge in [0.25, 0.3) is 5.91 Å². The molecule has 1 aliphatic heterocycles. The molecule has 8 heteroatoms. The number of benzene rings is 2. The summed E-state index contributed by atoms with van der Waals surface area (Å²) in [6.45, 7) is 3.47. The summed E-state index contributed by atoms with van der Waals surface area (Å²) in [4.78, 5) is 20.3. The van der Waals surface area contributed by atoms with E-state index in [-0.39, 0.29) is 17.8 Å². The Morgan fingerprint density at radius 2 is 2.03 bits per heavy atom. The van der Waals surface area contributed by atoms with E-state index < -0.39 is 0 Å². The predicted molar refractivity (Wildman–Crippen MR) is 126 cm³/mol. The number of fused-ring (bicyclic) bond motifs is 1. The van der Waals surface area contributed by atoms with Gasteiger partial charge in [-0.05, 0) is 67.6 Å². The first-order chi connectivity index (χ1) is 16.0. The van der Waals surface area contributed by atoms with Crippen molar-refractivity contribution >= 4 is 22.5 Å². The van der Waals surface area contributed by atoms with Crippen LogP contribution in [0.15, 0.2) is 54.9 Å². The molecule has 1 N–H and O–H groups in total. The molecule has 3 heterocycles. The SMILES string of the molecule is Cc1cc(F)cc2ccnc(N(C(=O)c3ccc(-c4cn(C)nn4)cc3)C3CCCNC3)c12. The van der Waals surface area contributed by atoms with Crippen molar-refractivity contribution in [2.24, 2.45) is 7.05 Å². The fraction of sp³-hybridized carbons (Fsp3) is 0.280. The Hall–Kier alpha value is -3.65. The zero-order valence-corrected chi connectivity index (χ0v) is 18.6. The van der Waals surface area contributed by atoms with Crippen LogP contribution in [0.5, 0.6) is 0 Å². The number of aryl methyl sites for hydroxylation is 2. The van der Waals surface area contributed by atoms with Gasteiger partial charge >= 0.3 is 0 Å². The van der Waals surface area contributed by atoms with Gasteiger partial charge in [-0.25, -0.2) is 9.37 Å². The van der Waals surface area contributed by atoms with Crippen molar-refractivity contribution in [2.75, 3.05) is 18.0 Å². The molecule has 2 aromatic carbocycles. The Balaban J connectivity index is 1.58. The number of nitrogens with zero attached hydrogens (tertiary/aromatic N) is 5. The summed E-state index contributed by atoms with van der Waals surface area (Å²) >= 11 is 0. The topological polar surface area (TPSA) is 75.9 Å². The van der Waals surface area contributed by atoms with Crippen molar-refractivity contribution < 1.29 is 9.18 Å². The summed E-state index contributed by atoms with van der Waals surface area (Å²) in [5.74, 6) is 0.147. The van der Waals surface area contributed by atoms with Crippen LogP contribution in [0.3, 0.4) is 0 Å². The second-order valence-electron chi connectivity index (χ2n) is 8.49. The average molecular weight is 445 g/mol. The van der Waals surface area contributed by atoms with Gasteiger partial charge in [0.15, 0.2) is 0 Å². The van der Waals surface area contributed by atoms with Crippen LogP contribution in [0.1, 0.15) is 28.8 Å². The Labute approximate surface area is 191 Å². The molecule has 5 rings (SSSR count). The van der Waals surface area contributed by atoms with Gasteiger partial charge in [-0.1, -0.05) is 17.3 Å². The van der Waals surface area contributed by atoms with E-state index in [4.69, 9.17) is 0 Å². The van der Waals surface area contributed by atoms with Gasteiger partial charge in [-0.15, -0.1) is 5.10 Å². The van der Waals surface area contributed by atoms with Crippen LogP contribution in [0, 0.1) is 12.7 Å². The number of hydrogen-bond acceptors (Lipinski definition) is 5. The van der Waals surface area contributed by atoms with Gasteiger partial charge in [0.2, 0.25) is 0 Å². The van der Waals surface area contributed by atoms with Crippen molar-refractivity contribution in [1.82, 2.24) is 25.3 Å². The Morgan fingerprint density at radius 1 is 1.21 bits per heavy atom. The smallest absolute Gasteiger partial charge is 0.259 e. The molecule has 7 nitrogen and oxygen atoms in total. The van der Waals surface area contributed by atoms with E-state index in [9.17, 15) is 9.18 Å². The Bertz CT molecular complexity index is 1310. The molecule has 1 unspecified atom stereocenters. The fourth-order valence-corrected chi connectivity index (χ4v) is 4.53. The number of aromatic nitrogens is 4. The van der Waals surface area contributed by atoms with Gasteiger partial charge in [-0.2, -0.15) is 0 Å². The molecule has 0 spiro atoms. The van der Waals surface area contributed by atoms with Crippen LogP contribution < -0.4 is 10.2 Å². The Kier molecular flexibility index (Phi) is 5.60. The molecule has 2 aromatic heterocycles. The summed E-state index contributed by atoms with van der Waals surface area (Å²) in [5, 5.41) is 13.0. The third kappa shape index (κ3) is 4.09. The third-order valence-electron chi connectivity index (χ3n) is 6.12. The summed E-state index contributed by atoms with van der Waals surface area (Å²) in [7, 11) is 1.81. The van der Waals surface area contributed by atoms with Crippen molar-refractivity contribution in [3.05, 3.63) is 71.8 Å². The van der Waals surface area contributed by atoms with Gasteiger partial charge in [0.1, 0.15) is 17.3 Å². The molecule has 1 amide bonds. The van der Waals surface area contributed by atoms with Gasteiger partial charge in [-0.3, -0.25) is 14.4 Å². The van der Waals surface area contributed by atoms with Gasteiger partial charge in [0, 0.05) is 36.3 Å². The highest BCUT2D eigenvalue weighted by Gasteiger charge is 2.30. The molecule has 33 heavy (non-hydrogen) atoms. The van der Waals surface area contributed by atoms with E-state index >= 15 is 0 Å².